The van der Waals surface area contributed by atoms with Gasteiger partial charge in [-0.3, -0.25) is 9.36 Å². The summed E-state index contributed by atoms with van der Waals surface area (Å²) in [6.45, 7) is 1.72. The van der Waals surface area contributed by atoms with Crippen LogP contribution in [0, 0.1) is 11.3 Å². The van der Waals surface area contributed by atoms with Crippen LogP contribution in [0.4, 0.5) is 0 Å². The molecule has 0 atom stereocenters. The molecule has 2 aromatic rings. The molecule has 1 amide bonds. The molecule has 0 aliphatic carbocycles. The van der Waals surface area contributed by atoms with Crippen LogP contribution in [0.1, 0.15) is 30.7 Å². The second-order valence-corrected chi connectivity index (χ2v) is 6.52. The quantitative estimate of drug-likeness (QED) is 0.551. The van der Waals surface area contributed by atoms with Crippen LogP contribution < -0.4 is 15.7 Å². The number of benzene rings is 1. The summed E-state index contributed by atoms with van der Waals surface area (Å²) in [7, 11) is 0. The topological polar surface area (TPSA) is 102 Å². The van der Waals surface area contributed by atoms with Crippen molar-refractivity contribution in [2.24, 2.45) is 0 Å². The Labute approximate surface area is 163 Å². The zero-order valence-electron chi connectivity index (χ0n) is 15.6. The van der Waals surface area contributed by atoms with Gasteiger partial charge in [0, 0.05) is 32.1 Å². The molecule has 3 rings (SSSR count). The minimum Gasteiger partial charge on any atom is -0.479 e. The number of nitriles is 1. The van der Waals surface area contributed by atoms with Gasteiger partial charge in [-0.15, -0.1) is 0 Å². The predicted octanol–water partition coefficient (Wildman–Crippen LogP) is 1.50. The molecule has 1 aromatic carbocycles. The summed E-state index contributed by atoms with van der Waals surface area (Å²) in [6, 6.07) is 9.02. The van der Waals surface area contributed by atoms with Crippen LogP contribution in [0.2, 0.25) is 0 Å². The van der Waals surface area contributed by atoms with E-state index in [2.05, 4.69) is 10.4 Å². The van der Waals surface area contributed by atoms with E-state index in [-0.39, 0.29) is 18.2 Å². The number of nitrogens with one attached hydrogen (secondary N) is 1. The van der Waals surface area contributed by atoms with E-state index in [1.807, 2.05) is 18.2 Å². The van der Waals surface area contributed by atoms with Gasteiger partial charge in [0.25, 0.3) is 0 Å². The van der Waals surface area contributed by atoms with Crippen molar-refractivity contribution in [2.45, 2.75) is 38.8 Å². The lowest BCUT2D eigenvalue weighted by Gasteiger charge is -2.09. The van der Waals surface area contributed by atoms with Gasteiger partial charge in [0.05, 0.1) is 0 Å². The first-order chi connectivity index (χ1) is 13.7. The van der Waals surface area contributed by atoms with E-state index in [0.29, 0.717) is 25.3 Å². The lowest BCUT2D eigenvalue weighted by atomic mass is 10.2. The maximum atomic E-state index is 12.2. The first-order valence-corrected chi connectivity index (χ1v) is 9.39. The summed E-state index contributed by atoms with van der Waals surface area (Å²) < 4.78 is 8.43. The van der Waals surface area contributed by atoms with Gasteiger partial charge in [-0.05, 0) is 43.0 Å². The Bertz CT molecular complexity index is 934. The molecule has 28 heavy (non-hydrogen) atoms. The van der Waals surface area contributed by atoms with Gasteiger partial charge in [-0.25, -0.2) is 9.48 Å². The van der Waals surface area contributed by atoms with E-state index in [4.69, 9.17) is 10.00 Å². The number of aromatic nitrogens is 3. The summed E-state index contributed by atoms with van der Waals surface area (Å²) in [4.78, 5) is 24.1. The van der Waals surface area contributed by atoms with Crippen molar-refractivity contribution >= 4 is 12.0 Å². The number of hydrogen-bond acceptors (Lipinski definition) is 5. The third kappa shape index (κ3) is 5.10. The summed E-state index contributed by atoms with van der Waals surface area (Å²) in [5.41, 5.74) is 0.803. The third-order valence-electron chi connectivity index (χ3n) is 4.49. The van der Waals surface area contributed by atoms with Crippen molar-refractivity contribution < 1.29 is 9.53 Å². The molecule has 1 aromatic heterocycles. The highest BCUT2D eigenvalue weighted by Crippen LogP contribution is 2.13. The minimum absolute atomic E-state index is 0.00523. The highest BCUT2D eigenvalue weighted by atomic mass is 16.5. The van der Waals surface area contributed by atoms with Crippen molar-refractivity contribution in [3.8, 4) is 11.8 Å². The molecule has 0 saturated carbocycles. The number of aryl methyl sites for hydroxylation is 2. The summed E-state index contributed by atoms with van der Waals surface area (Å²) in [5, 5.41) is 15.7. The molecule has 1 aliphatic rings. The van der Waals surface area contributed by atoms with Crippen LogP contribution in [-0.2, 0) is 24.3 Å². The molecule has 1 aliphatic heterocycles. The van der Waals surface area contributed by atoms with E-state index >= 15 is 0 Å². The highest BCUT2D eigenvalue weighted by Gasteiger charge is 2.16. The Balaban J connectivity index is 1.41. The summed E-state index contributed by atoms with van der Waals surface area (Å²) in [6.07, 6.45) is 6.77. The van der Waals surface area contributed by atoms with Crippen molar-refractivity contribution in [3.05, 3.63) is 52.2 Å². The first-order valence-electron chi connectivity index (χ1n) is 9.39. The van der Waals surface area contributed by atoms with Gasteiger partial charge >= 0.3 is 5.69 Å². The molecule has 0 saturated heterocycles. The number of hydrogen-bond donors (Lipinski definition) is 1. The fraction of sp³-hybridized carbons (Fsp3) is 0.400. The van der Waals surface area contributed by atoms with Crippen LogP contribution in [0.3, 0.4) is 0 Å². The molecule has 0 bridgehead atoms. The Morgan fingerprint density at radius 1 is 1.32 bits per heavy atom. The average molecular weight is 381 g/mol. The largest absolute Gasteiger partial charge is 0.479 e. The number of carbonyl (C=O) groups excluding carboxylic acids is 1. The Hall–Kier alpha value is -3.34. The number of amides is 1. The fourth-order valence-electron chi connectivity index (χ4n) is 3.06. The van der Waals surface area contributed by atoms with Crippen molar-refractivity contribution in [3.63, 3.8) is 0 Å². The molecule has 0 unspecified atom stereocenters. The van der Waals surface area contributed by atoms with E-state index in [1.54, 1.807) is 22.8 Å². The normalized spacial score (nSPS) is 13.1. The Kier molecular flexibility index (Phi) is 6.63. The van der Waals surface area contributed by atoms with Gasteiger partial charge in [-0.2, -0.15) is 10.4 Å². The Morgan fingerprint density at radius 3 is 2.89 bits per heavy atom. The SMILES string of the molecule is N#CCOc1ccc(C=CC(=O)NCCCn2nc3n(c2=O)CCCC3)cc1. The molecular formula is C20H23N5O3. The number of nitrogens with zero attached hydrogens (tertiary/aromatic N) is 4. The second kappa shape index (κ2) is 9.55. The molecule has 8 nitrogen and oxygen atoms in total. The molecule has 0 radical (unpaired) electrons. The van der Waals surface area contributed by atoms with Crippen molar-refractivity contribution in [2.75, 3.05) is 13.2 Å². The number of carbonyl (C=O) groups is 1. The third-order valence-corrected chi connectivity index (χ3v) is 4.49. The van der Waals surface area contributed by atoms with Crippen LogP contribution >= 0.6 is 0 Å². The fourth-order valence-corrected chi connectivity index (χ4v) is 3.06. The van der Waals surface area contributed by atoms with E-state index in [1.165, 1.54) is 10.8 Å². The van der Waals surface area contributed by atoms with Gasteiger partial charge in [0.2, 0.25) is 5.91 Å². The maximum absolute atomic E-state index is 12.2. The first kappa shape index (κ1) is 19.4. The molecular weight excluding hydrogens is 358 g/mol. The zero-order chi connectivity index (χ0) is 19.8. The van der Waals surface area contributed by atoms with Crippen molar-refractivity contribution in [1.29, 1.82) is 5.26 Å². The Morgan fingerprint density at radius 2 is 2.14 bits per heavy atom. The lowest BCUT2D eigenvalue weighted by Crippen LogP contribution is -2.28. The van der Waals surface area contributed by atoms with Crippen LogP contribution in [0.15, 0.2) is 35.1 Å². The van der Waals surface area contributed by atoms with E-state index < -0.39 is 0 Å². The molecule has 1 N–H and O–H groups in total. The van der Waals surface area contributed by atoms with E-state index in [9.17, 15) is 9.59 Å². The van der Waals surface area contributed by atoms with Crippen LogP contribution in [0.25, 0.3) is 6.08 Å². The number of fused-ring (bicyclic) bond motifs is 1. The smallest absolute Gasteiger partial charge is 0.345 e. The number of ether oxygens (including phenoxy) is 1. The standard InChI is InChI=1S/C20H23N5O3/c21-11-15-28-17-8-5-16(6-9-17)7-10-19(26)22-12-3-14-25-20(27)24-13-2-1-4-18(24)23-25/h5-10H,1-4,12-15H2,(H,22,26). The zero-order valence-corrected chi connectivity index (χ0v) is 15.6. The summed E-state index contributed by atoms with van der Waals surface area (Å²) in [5.74, 6) is 1.29. The molecule has 8 heteroatoms. The predicted molar refractivity (Wildman–Crippen MR) is 104 cm³/mol. The molecule has 146 valence electrons. The molecule has 0 spiro atoms. The van der Waals surface area contributed by atoms with Gasteiger partial charge in [0.15, 0.2) is 6.61 Å². The maximum Gasteiger partial charge on any atom is 0.345 e. The van der Waals surface area contributed by atoms with Crippen LogP contribution in [0.5, 0.6) is 5.75 Å². The van der Waals surface area contributed by atoms with Gasteiger partial charge in [0.1, 0.15) is 17.6 Å². The monoisotopic (exact) mass is 381 g/mol. The van der Waals surface area contributed by atoms with Crippen molar-refractivity contribution in [1.82, 2.24) is 19.7 Å². The number of rotatable bonds is 8. The minimum atomic E-state index is -0.193. The molecule has 0 fully saturated rings. The van der Waals surface area contributed by atoms with E-state index in [0.717, 1.165) is 37.2 Å². The highest BCUT2D eigenvalue weighted by molar-refractivity contribution is 5.91. The molecule has 2 heterocycles. The average Bonchev–Trinajstić information content (AvgIpc) is 3.05. The van der Waals surface area contributed by atoms with Gasteiger partial charge < -0.3 is 10.1 Å². The lowest BCUT2D eigenvalue weighted by molar-refractivity contribution is -0.116. The van der Waals surface area contributed by atoms with Gasteiger partial charge in [-0.1, -0.05) is 12.1 Å². The summed E-state index contributed by atoms with van der Waals surface area (Å²) >= 11 is 0. The second-order valence-electron chi connectivity index (χ2n) is 6.52. The van der Waals surface area contributed by atoms with Crippen LogP contribution in [-0.4, -0.2) is 33.4 Å².